The Balaban J connectivity index is 1.74. The van der Waals surface area contributed by atoms with Crippen LogP contribution in [0.2, 0.25) is 0 Å². The van der Waals surface area contributed by atoms with Gasteiger partial charge in [-0.25, -0.2) is 0 Å². The predicted molar refractivity (Wildman–Crippen MR) is 84.3 cm³/mol. The number of benzene rings is 1. The lowest BCUT2D eigenvalue weighted by molar-refractivity contribution is -0.146. The molecule has 6 heteroatoms. The van der Waals surface area contributed by atoms with E-state index in [0.29, 0.717) is 5.69 Å². The van der Waals surface area contributed by atoms with E-state index in [9.17, 15) is 9.59 Å². The highest BCUT2D eigenvalue weighted by molar-refractivity contribution is 8.07. The molecule has 1 unspecified atom stereocenters. The van der Waals surface area contributed by atoms with Gasteiger partial charge in [-0.3, -0.25) is 9.59 Å². The largest absolute Gasteiger partial charge is 0.455 e. The van der Waals surface area contributed by atoms with E-state index in [1.165, 1.54) is 0 Å². The zero-order valence-corrected chi connectivity index (χ0v) is 12.9. The van der Waals surface area contributed by atoms with Crippen LogP contribution in [0.1, 0.15) is 5.56 Å². The standard InChI is InChI=1S/C14H17NO3S2/c1-10-2-4-11(5-3-10)15-13(16)8-18-14(17)12-9-19-6-7-20-12/h2-5,12H,6-9H2,1H3,(H,15,16). The molecular weight excluding hydrogens is 294 g/mol. The molecule has 0 aliphatic carbocycles. The van der Waals surface area contributed by atoms with E-state index in [-0.39, 0.29) is 23.7 Å². The predicted octanol–water partition coefficient (Wildman–Crippen LogP) is 2.33. The molecule has 1 amide bonds. The highest BCUT2D eigenvalue weighted by Crippen LogP contribution is 2.24. The fraction of sp³-hybridized carbons (Fsp3) is 0.429. The van der Waals surface area contributed by atoms with Crippen molar-refractivity contribution in [3.63, 3.8) is 0 Å². The summed E-state index contributed by atoms with van der Waals surface area (Å²) in [5, 5.41) is 2.56. The summed E-state index contributed by atoms with van der Waals surface area (Å²) in [6, 6.07) is 7.47. The van der Waals surface area contributed by atoms with Crippen LogP contribution in [0.3, 0.4) is 0 Å². The average Bonchev–Trinajstić information content (AvgIpc) is 2.48. The molecular formula is C14H17NO3S2. The van der Waals surface area contributed by atoms with Crippen LogP contribution >= 0.6 is 23.5 Å². The van der Waals surface area contributed by atoms with E-state index in [1.807, 2.05) is 31.2 Å². The smallest absolute Gasteiger partial charge is 0.320 e. The first-order chi connectivity index (χ1) is 9.65. The zero-order valence-electron chi connectivity index (χ0n) is 11.3. The number of esters is 1. The number of carbonyl (C=O) groups excluding carboxylic acids is 2. The normalized spacial score (nSPS) is 18.4. The van der Waals surface area contributed by atoms with E-state index in [1.54, 1.807) is 23.5 Å². The highest BCUT2D eigenvalue weighted by Gasteiger charge is 2.24. The van der Waals surface area contributed by atoms with Crippen molar-refractivity contribution in [3.05, 3.63) is 29.8 Å². The summed E-state index contributed by atoms with van der Waals surface area (Å²) in [5.74, 6) is 2.20. The second-order valence-corrected chi connectivity index (χ2v) is 6.92. The molecule has 1 heterocycles. The maximum atomic E-state index is 11.8. The molecule has 1 aliphatic rings. The monoisotopic (exact) mass is 311 g/mol. The molecule has 1 N–H and O–H groups in total. The summed E-state index contributed by atoms with van der Waals surface area (Å²) in [6.45, 7) is 1.75. The van der Waals surface area contributed by atoms with Crippen molar-refractivity contribution >= 4 is 41.1 Å². The van der Waals surface area contributed by atoms with Crippen LogP contribution in [0, 0.1) is 6.92 Å². The Bertz CT molecular complexity index is 470. The average molecular weight is 311 g/mol. The van der Waals surface area contributed by atoms with Crippen molar-refractivity contribution < 1.29 is 14.3 Å². The first-order valence-electron chi connectivity index (χ1n) is 6.37. The second kappa shape index (κ2) is 7.59. The van der Waals surface area contributed by atoms with Crippen LogP contribution in [0.5, 0.6) is 0 Å². The first-order valence-corrected chi connectivity index (χ1v) is 8.58. The number of amides is 1. The SMILES string of the molecule is Cc1ccc(NC(=O)COC(=O)C2CSCCS2)cc1. The molecule has 2 rings (SSSR count). The number of aryl methyl sites for hydroxylation is 1. The number of rotatable bonds is 4. The number of thioether (sulfide) groups is 2. The van der Waals surface area contributed by atoms with Gasteiger partial charge in [0.1, 0.15) is 5.25 Å². The molecule has 108 valence electrons. The summed E-state index contributed by atoms with van der Waals surface area (Å²) in [6.07, 6.45) is 0. The topological polar surface area (TPSA) is 55.4 Å². The molecule has 0 saturated carbocycles. The van der Waals surface area contributed by atoms with Gasteiger partial charge in [0.05, 0.1) is 0 Å². The number of hydrogen-bond donors (Lipinski definition) is 1. The number of anilines is 1. The summed E-state index contributed by atoms with van der Waals surface area (Å²) in [5.41, 5.74) is 1.83. The van der Waals surface area contributed by atoms with Gasteiger partial charge in [0.2, 0.25) is 0 Å². The van der Waals surface area contributed by atoms with Crippen LogP contribution in [-0.2, 0) is 14.3 Å². The van der Waals surface area contributed by atoms with Crippen LogP contribution in [0.15, 0.2) is 24.3 Å². The third-order valence-corrected chi connectivity index (χ3v) is 5.49. The highest BCUT2D eigenvalue weighted by atomic mass is 32.2. The summed E-state index contributed by atoms with van der Waals surface area (Å²) < 4.78 is 5.05. The summed E-state index contributed by atoms with van der Waals surface area (Å²) in [4.78, 5) is 23.4. The van der Waals surface area contributed by atoms with Gasteiger partial charge < -0.3 is 10.1 Å². The molecule has 0 radical (unpaired) electrons. The lowest BCUT2D eigenvalue weighted by Crippen LogP contribution is -2.29. The van der Waals surface area contributed by atoms with E-state index >= 15 is 0 Å². The Kier molecular flexibility index (Phi) is 5.79. The van der Waals surface area contributed by atoms with E-state index in [2.05, 4.69) is 5.32 Å². The Morgan fingerprint density at radius 3 is 2.70 bits per heavy atom. The Morgan fingerprint density at radius 2 is 2.05 bits per heavy atom. The van der Waals surface area contributed by atoms with Gasteiger partial charge in [-0.1, -0.05) is 17.7 Å². The second-order valence-electron chi connectivity index (χ2n) is 4.46. The molecule has 1 aromatic carbocycles. The molecule has 1 saturated heterocycles. The van der Waals surface area contributed by atoms with Crippen LogP contribution in [-0.4, -0.2) is 41.0 Å². The Morgan fingerprint density at radius 1 is 1.30 bits per heavy atom. The van der Waals surface area contributed by atoms with E-state index in [0.717, 1.165) is 22.8 Å². The molecule has 0 bridgehead atoms. The van der Waals surface area contributed by atoms with Gasteiger partial charge >= 0.3 is 5.97 Å². The first kappa shape index (κ1) is 15.3. The van der Waals surface area contributed by atoms with Gasteiger partial charge in [0.25, 0.3) is 5.91 Å². The van der Waals surface area contributed by atoms with E-state index < -0.39 is 0 Å². The van der Waals surface area contributed by atoms with Crippen molar-refractivity contribution in [2.24, 2.45) is 0 Å². The van der Waals surface area contributed by atoms with Gasteiger partial charge in [0, 0.05) is 22.9 Å². The molecule has 1 atom stereocenters. The molecule has 1 aliphatic heterocycles. The van der Waals surface area contributed by atoms with Crippen molar-refractivity contribution in [1.29, 1.82) is 0 Å². The van der Waals surface area contributed by atoms with Crippen LogP contribution in [0.4, 0.5) is 5.69 Å². The minimum atomic E-state index is -0.310. The van der Waals surface area contributed by atoms with Gasteiger partial charge in [-0.15, -0.1) is 11.8 Å². The maximum Gasteiger partial charge on any atom is 0.320 e. The number of hydrogen-bond acceptors (Lipinski definition) is 5. The van der Waals surface area contributed by atoms with Crippen molar-refractivity contribution in [2.45, 2.75) is 12.2 Å². The molecule has 0 aromatic heterocycles. The lowest BCUT2D eigenvalue weighted by Gasteiger charge is -2.19. The molecule has 0 spiro atoms. The Labute approximate surface area is 127 Å². The molecule has 1 fully saturated rings. The number of carbonyl (C=O) groups is 2. The molecule has 20 heavy (non-hydrogen) atoms. The van der Waals surface area contributed by atoms with Crippen molar-refractivity contribution in [2.75, 3.05) is 29.2 Å². The third kappa shape index (κ3) is 4.76. The third-order valence-electron chi connectivity index (χ3n) is 2.76. The van der Waals surface area contributed by atoms with Crippen LogP contribution < -0.4 is 5.32 Å². The lowest BCUT2D eigenvalue weighted by atomic mass is 10.2. The van der Waals surface area contributed by atoms with Gasteiger partial charge in [-0.2, -0.15) is 11.8 Å². The minimum Gasteiger partial charge on any atom is -0.455 e. The van der Waals surface area contributed by atoms with Crippen molar-refractivity contribution in [3.8, 4) is 0 Å². The summed E-state index contributed by atoms with van der Waals surface area (Å²) >= 11 is 3.35. The summed E-state index contributed by atoms with van der Waals surface area (Å²) in [7, 11) is 0. The minimum absolute atomic E-state index is 0.138. The van der Waals surface area contributed by atoms with Gasteiger partial charge in [-0.05, 0) is 19.1 Å². The van der Waals surface area contributed by atoms with E-state index in [4.69, 9.17) is 4.74 Å². The number of nitrogens with one attached hydrogen (secondary N) is 1. The van der Waals surface area contributed by atoms with Crippen molar-refractivity contribution in [1.82, 2.24) is 0 Å². The number of ether oxygens (including phenoxy) is 1. The Hall–Kier alpha value is -1.14. The zero-order chi connectivity index (χ0) is 14.4. The van der Waals surface area contributed by atoms with Gasteiger partial charge in [0.15, 0.2) is 6.61 Å². The molecule has 4 nitrogen and oxygen atoms in total. The quantitative estimate of drug-likeness (QED) is 0.865. The molecule has 1 aromatic rings. The maximum absolute atomic E-state index is 11.8. The van der Waals surface area contributed by atoms with Crippen LogP contribution in [0.25, 0.3) is 0 Å². The fourth-order valence-electron chi connectivity index (χ4n) is 1.69. The fourth-order valence-corrected chi connectivity index (χ4v) is 4.22.